The number of nitrogens with one attached hydrogen (secondary N) is 1. The highest BCUT2D eigenvalue weighted by molar-refractivity contribution is 7.89. The van der Waals surface area contributed by atoms with E-state index in [1.165, 1.54) is 18.3 Å². The van der Waals surface area contributed by atoms with Gasteiger partial charge in [-0.2, -0.15) is 5.26 Å². The highest BCUT2D eigenvalue weighted by Crippen LogP contribution is 2.17. The number of unbranched alkanes of at least 4 members (excludes halogenated alkanes) is 2. The molecule has 7 heteroatoms. The van der Waals surface area contributed by atoms with Crippen LogP contribution in [0.1, 0.15) is 19.3 Å². The Morgan fingerprint density at radius 1 is 1.47 bits per heavy atom. The summed E-state index contributed by atoms with van der Waals surface area (Å²) in [4.78, 5) is 3.68. The summed E-state index contributed by atoms with van der Waals surface area (Å²) in [6.45, 7) is 0.287. The Labute approximate surface area is 105 Å². The average Bonchev–Trinajstić information content (AvgIpc) is 2.29. The first-order valence-corrected chi connectivity index (χ1v) is 6.91. The zero-order valence-corrected chi connectivity index (χ0v) is 10.6. The number of halogens is 1. The van der Waals surface area contributed by atoms with Crippen LogP contribution in [-0.2, 0) is 10.0 Å². The number of nitriles is 1. The van der Waals surface area contributed by atoms with Crippen molar-refractivity contribution in [2.24, 2.45) is 0 Å². The van der Waals surface area contributed by atoms with Crippen molar-refractivity contribution >= 4 is 21.6 Å². The lowest BCUT2D eigenvalue weighted by Gasteiger charge is -2.06. The third kappa shape index (κ3) is 4.30. The van der Waals surface area contributed by atoms with E-state index in [-0.39, 0.29) is 16.6 Å². The molecule has 0 aliphatic rings. The molecule has 1 rings (SSSR count). The molecule has 92 valence electrons. The Hall–Kier alpha value is -1.16. The molecular weight excluding hydrogens is 262 g/mol. The van der Waals surface area contributed by atoms with Crippen molar-refractivity contribution in [3.8, 4) is 6.07 Å². The molecule has 0 fully saturated rings. The van der Waals surface area contributed by atoms with Crippen LogP contribution in [-0.4, -0.2) is 19.9 Å². The monoisotopic (exact) mass is 273 g/mol. The summed E-state index contributed by atoms with van der Waals surface area (Å²) in [7, 11) is -3.61. The van der Waals surface area contributed by atoms with Crippen LogP contribution >= 0.6 is 11.6 Å². The highest BCUT2D eigenvalue weighted by Gasteiger charge is 2.17. The molecule has 1 N–H and O–H groups in total. The summed E-state index contributed by atoms with van der Waals surface area (Å²) in [5, 5.41) is 8.28. The molecule has 0 atom stereocenters. The second kappa shape index (κ2) is 6.55. The first-order chi connectivity index (χ1) is 8.08. The lowest BCUT2D eigenvalue weighted by molar-refractivity contribution is 0.577. The van der Waals surface area contributed by atoms with Crippen molar-refractivity contribution in [3.63, 3.8) is 0 Å². The van der Waals surface area contributed by atoms with E-state index in [0.717, 1.165) is 0 Å². The Morgan fingerprint density at radius 2 is 2.24 bits per heavy atom. The van der Waals surface area contributed by atoms with Gasteiger partial charge in [0.2, 0.25) is 10.0 Å². The number of sulfonamides is 1. The number of rotatable bonds is 6. The minimum atomic E-state index is -3.61. The fourth-order valence-corrected chi connectivity index (χ4v) is 2.71. The number of pyridine rings is 1. The van der Waals surface area contributed by atoms with Gasteiger partial charge in [-0.3, -0.25) is 0 Å². The molecule has 0 bridgehead atoms. The van der Waals surface area contributed by atoms with Crippen LogP contribution in [0.4, 0.5) is 0 Å². The van der Waals surface area contributed by atoms with E-state index >= 15 is 0 Å². The smallest absolute Gasteiger partial charge is 0.243 e. The molecule has 0 saturated carbocycles. The molecule has 0 aromatic carbocycles. The number of nitrogens with zero attached hydrogens (tertiary/aromatic N) is 2. The van der Waals surface area contributed by atoms with Crippen LogP contribution in [0.2, 0.25) is 5.15 Å². The molecule has 0 saturated heterocycles. The maximum absolute atomic E-state index is 11.8. The van der Waals surface area contributed by atoms with Crippen LogP contribution in [0.25, 0.3) is 0 Å². The Kier molecular flexibility index (Phi) is 5.35. The normalized spacial score (nSPS) is 11.1. The molecular formula is C10H12ClN3O2S. The third-order valence-corrected chi connectivity index (χ3v) is 3.93. The molecule has 0 aliphatic heterocycles. The molecule has 17 heavy (non-hydrogen) atoms. The number of aromatic nitrogens is 1. The topological polar surface area (TPSA) is 82.9 Å². The summed E-state index contributed by atoms with van der Waals surface area (Å²) in [6, 6.07) is 4.90. The van der Waals surface area contributed by atoms with E-state index in [1.807, 2.05) is 6.07 Å². The summed E-state index contributed by atoms with van der Waals surface area (Å²) < 4.78 is 26.0. The Balaban J connectivity index is 2.59. The van der Waals surface area contributed by atoms with Crippen molar-refractivity contribution in [2.75, 3.05) is 6.54 Å². The molecule has 1 aromatic rings. The quantitative estimate of drug-likeness (QED) is 0.632. The van der Waals surface area contributed by atoms with Crippen LogP contribution in [0, 0.1) is 11.3 Å². The van der Waals surface area contributed by atoms with Gasteiger partial charge in [0.05, 0.1) is 6.07 Å². The molecule has 5 nitrogen and oxygen atoms in total. The second-order valence-corrected chi connectivity index (χ2v) is 5.40. The van der Waals surface area contributed by atoms with Crippen molar-refractivity contribution in [1.82, 2.24) is 9.71 Å². The van der Waals surface area contributed by atoms with Gasteiger partial charge in [-0.15, -0.1) is 0 Å². The minimum Gasteiger partial charge on any atom is -0.243 e. The summed E-state index contributed by atoms with van der Waals surface area (Å²) in [6.07, 6.45) is 3.13. The van der Waals surface area contributed by atoms with Crippen molar-refractivity contribution in [2.45, 2.75) is 24.2 Å². The van der Waals surface area contributed by atoms with Crippen LogP contribution < -0.4 is 4.72 Å². The SMILES string of the molecule is N#CCCCCNS(=O)(=O)c1cccnc1Cl. The van der Waals surface area contributed by atoms with Gasteiger partial charge in [0.25, 0.3) is 0 Å². The third-order valence-electron chi connectivity index (χ3n) is 2.02. The molecule has 0 spiro atoms. The number of hydrogen-bond donors (Lipinski definition) is 1. The van der Waals surface area contributed by atoms with Crippen molar-refractivity contribution in [3.05, 3.63) is 23.5 Å². The van der Waals surface area contributed by atoms with E-state index in [1.54, 1.807) is 0 Å². The fraction of sp³-hybridized carbons (Fsp3) is 0.400. The summed E-state index contributed by atoms with van der Waals surface area (Å²) in [5.41, 5.74) is 0. The van der Waals surface area contributed by atoms with Gasteiger partial charge in [0.15, 0.2) is 0 Å². The molecule has 0 radical (unpaired) electrons. The van der Waals surface area contributed by atoms with Gasteiger partial charge in [0.1, 0.15) is 10.0 Å². The van der Waals surface area contributed by atoms with Crippen LogP contribution in [0.5, 0.6) is 0 Å². The lowest BCUT2D eigenvalue weighted by Crippen LogP contribution is -2.25. The van der Waals surface area contributed by atoms with Crippen LogP contribution in [0.3, 0.4) is 0 Å². The zero-order valence-electron chi connectivity index (χ0n) is 9.06. The van der Waals surface area contributed by atoms with E-state index in [2.05, 4.69) is 9.71 Å². The van der Waals surface area contributed by atoms with Gasteiger partial charge in [-0.05, 0) is 25.0 Å². The first kappa shape index (κ1) is 13.9. The van der Waals surface area contributed by atoms with Gasteiger partial charge in [-0.1, -0.05) is 11.6 Å². The molecule has 1 heterocycles. The van der Waals surface area contributed by atoms with Gasteiger partial charge >= 0.3 is 0 Å². The lowest BCUT2D eigenvalue weighted by atomic mass is 10.2. The maximum atomic E-state index is 11.8. The predicted octanol–water partition coefficient (Wildman–Crippen LogP) is 1.71. The molecule has 0 aliphatic carbocycles. The zero-order chi connectivity index (χ0) is 12.7. The molecule has 1 aromatic heterocycles. The van der Waals surface area contributed by atoms with Crippen LogP contribution in [0.15, 0.2) is 23.2 Å². The summed E-state index contributed by atoms with van der Waals surface area (Å²) >= 11 is 5.70. The molecule has 0 amide bonds. The van der Waals surface area contributed by atoms with Gasteiger partial charge in [-0.25, -0.2) is 18.1 Å². The number of hydrogen-bond acceptors (Lipinski definition) is 4. The highest BCUT2D eigenvalue weighted by atomic mass is 35.5. The molecule has 0 unspecified atom stereocenters. The second-order valence-electron chi connectivity index (χ2n) is 3.31. The first-order valence-electron chi connectivity index (χ1n) is 5.05. The van der Waals surface area contributed by atoms with E-state index in [4.69, 9.17) is 16.9 Å². The predicted molar refractivity (Wildman–Crippen MR) is 63.9 cm³/mol. The van der Waals surface area contributed by atoms with Gasteiger partial charge < -0.3 is 0 Å². The van der Waals surface area contributed by atoms with E-state index in [0.29, 0.717) is 19.3 Å². The van der Waals surface area contributed by atoms with E-state index < -0.39 is 10.0 Å². The fourth-order valence-electron chi connectivity index (χ4n) is 1.19. The standard InChI is InChI=1S/C10H12ClN3O2S/c11-10-9(5-4-7-13-10)17(15,16)14-8-3-1-2-6-12/h4-5,7,14H,1-3,8H2. The minimum absolute atomic E-state index is 0.0260. The summed E-state index contributed by atoms with van der Waals surface area (Å²) in [5.74, 6) is 0. The maximum Gasteiger partial charge on any atom is 0.243 e. The largest absolute Gasteiger partial charge is 0.243 e. The van der Waals surface area contributed by atoms with Gasteiger partial charge in [0, 0.05) is 19.2 Å². The Bertz CT molecular complexity index is 511. The Morgan fingerprint density at radius 3 is 2.88 bits per heavy atom. The van der Waals surface area contributed by atoms with Crippen molar-refractivity contribution in [1.29, 1.82) is 5.26 Å². The average molecular weight is 274 g/mol. The van der Waals surface area contributed by atoms with Crippen molar-refractivity contribution < 1.29 is 8.42 Å². The van der Waals surface area contributed by atoms with E-state index in [9.17, 15) is 8.42 Å².